The molecule has 1 heterocycles. The van der Waals surface area contributed by atoms with E-state index in [1.807, 2.05) is 61.4 Å². The summed E-state index contributed by atoms with van der Waals surface area (Å²) in [4.78, 5) is 4.71. The molecule has 0 saturated heterocycles. The van der Waals surface area contributed by atoms with Crippen molar-refractivity contribution < 1.29 is 13.0 Å². The van der Waals surface area contributed by atoms with Crippen LogP contribution >= 0.6 is 24.0 Å². The monoisotopic (exact) mass is 591 g/mol. The molecule has 0 spiro atoms. The third kappa shape index (κ3) is 7.16. The molecule has 2 aromatic carbocycles. The number of guanidine groups is 1. The van der Waals surface area contributed by atoms with Crippen LogP contribution in [0.15, 0.2) is 70.8 Å². The number of rotatable bonds is 6. The van der Waals surface area contributed by atoms with Crippen molar-refractivity contribution in [2.75, 3.05) is 10.0 Å². The lowest BCUT2D eigenvalue weighted by Gasteiger charge is -2.14. The highest BCUT2D eigenvalue weighted by molar-refractivity contribution is 14.0. The lowest BCUT2D eigenvalue weighted by molar-refractivity contribution is -0.671. The van der Waals surface area contributed by atoms with Crippen LogP contribution in [-0.4, -0.2) is 14.4 Å². The van der Waals surface area contributed by atoms with Gasteiger partial charge in [0.2, 0.25) is 5.96 Å². The van der Waals surface area contributed by atoms with Crippen LogP contribution in [0.25, 0.3) is 0 Å². The van der Waals surface area contributed by atoms with Crippen LogP contribution in [0.4, 0.5) is 11.4 Å². The predicted octanol–water partition coefficient (Wildman–Crippen LogP) is 3.89. The Bertz CT molecular complexity index is 1290. The van der Waals surface area contributed by atoms with E-state index in [0.29, 0.717) is 34.2 Å². The van der Waals surface area contributed by atoms with E-state index < -0.39 is 10.0 Å². The fraction of sp³-hybridized carbons (Fsp3) is 0.208. The first kappa shape index (κ1) is 27.1. The summed E-state index contributed by atoms with van der Waals surface area (Å²) in [7, 11) is -1.79. The fourth-order valence-electron chi connectivity index (χ4n) is 3.53. The van der Waals surface area contributed by atoms with Gasteiger partial charge in [-0.25, -0.2) is 18.0 Å². The maximum Gasteiger partial charge on any atom is 0.262 e. The maximum absolute atomic E-state index is 12.9. The summed E-state index contributed by atoms with van der Waals surface area (Å²) in [5.41, 5.74) is 4.56. The Kier molecular flexibility index (Phi) is 9.40. The molecule has 0 bridgehead atoms. The SMILES string of the molecule is Cc1cc(C)c(S(=O)(=O)Nc2ccc(CN=C(NC#N)Nc3cc[n+](C)cc3)cc2)c(C)c1.I. The molecule has 8 nitrogen and oxygen atoms in total. The van der Waals surface area contributed by atoms with Gasteiger partial charge in [-0.15, -0.1) is 24.0 Å². The highest BCUT2D eigenvalue weighted by Gasteiger charge is 2.20. The number of aryl methyl sites for hydroxylation is 4. The molecule has 10 heteroatoms. The molecule has 0 saturated carbocycles. The topological polar surface area (TPSA) is 110 Å². The number of hydrogen-bond acceptors (Lipinski definition) is 4. The van der Waals surface area contributed by atoms with Crippen molar-refractivity contribution >= 4 is 51.3 Å². The first-order valence-corrected chi connectivity index (χ1v) is 11.8. The number of aliphatic imine (C=N–C) groups is 1. The summed E-state index contributed by atoms with van der Waals surface area (Å²) in [5.74, 6) is 0.321. The van der Waals surface area contributed by atoms with E-state index in [-0.39, 0.29) is 24.0 Å². The number of pyridine rings is 1. The van der Waals surface area contributed by atoms with E-state index >= 15 is 0 Å². The number of sulfonamides is 1. The van der Waals surface area contributed by atoms with Crippen molar-refractivity contribution in [1.29, 1.82) is 5.26 Å². The minimum Gasteiger partial charge on any atom is -0.325 e. The predicted molar refractivity (Wildman–Crippen MR) is 144 cm³/mol. The highest BCUT2D eigenvalue weighted by atomic mass is 127. The standard InChI is InChI=1S/C24H26N6O2S.HI/c1-17-13-18(2)23(19(3)14-17)33(31,32)29-22-7-5-20(6-8-22)15-26-24(27-16-25)28-21-9-11-30(4)12-10-21;/h5-14,29H,15H2,1-4H3,(H,26,27);1H/p+1. The Morgan fingerprint density at radius 3 is 2.15 bits per heavy atom. The number of anilines is 2. The largest absolute Gasteiger partial charge is 0.325 e. The van der Waals surface area contributed by atoms with E-state index in [4.69, 9.17) is 5.26 Å². The van der Waals surface area contributed by atoms with E-state index in [2.05, 4.69) is 20.3 Å². The third-order valence-corrected chi connectivity index (χ3v) is 6.60. The summed E-state index contributed by atoms with van der Waals surface area (Å²) in [6, 6.07) is 14.4. The normalized spacial score (nSPS) is 11.2. The molecule has 0 fully saturated rings. The second-order valence-corrected chi connectivity index (χ2v) is 9.43. The molecule has 0 aliphatic heterocycles. The summed E-state index contributed by atoms with van der Waals surface area (Å²) >= 11 is 0. The maximum atomic E-state index is 12.9. The molecule has 0 aliphatic rings. The number of nitriles is 1. The van der Waals surface area contributed by atoms with Gasteiger partial charge in [0.25, 0.3) is 10.0 Å². The second kappa shape index (κ2) is 11.8. The zero-order valence-electron chi connectivity index (χ0n) is 19.5. The van der Waals surface area contributed by atoms with Crippen LogP contribution in [0.5, 0.6) is 0 Å². The van der Waals surface area contributed by atoms with E-state index in [1.165, 1.54) is 0 Å². The van der Waals surface area contributed by atoms with Gasteiger partial charge in [-0.1, -0.05) is 29.8 Å². The molecule has 3 rings (SSSR count). The van der Waals surface area contributed by atoms with Gasteiger partial charge in [-0.05, 0) is 49.6 Å². The van der Waals surface area contributed by atoms with E-state index in [0.717, 1.165) is 16.8 Å². The molecule has 0 amide bonds. The van der Waals surface area contributed by atoms with Crippen LogP contribution in [0.1, 0.15) is 22.3 Å². The van der Waals surface area contributed by atoms with E-state index in [9.17, 15) is 8.42 Å². The summed E-state index contributed by atoms with van der Waals surface area (Å²) in [6.45, 7) is 5.84. The van der Waals surface area contributed by atoms with Gasteiger partial charge in [0.1, 0.15) is 7.05 Å². The third-order valence-electron chi connectivity index (χ3n) is 4.91. The average molecular weight is 591 g/mol. The number of hydrogen-bond donors (Lipinski definition) is 3. The zero-order chi connectivity index (χ0) is 24.0. The minimum atomic E-state index is -3.71. The molecule has 0 radical (unpaired) electrons. The van der Waals surface area contributed by atoms with Gasteiger partial charge in [-0.3, -0.25) is 10.0 Å². The molecule has 1 aromatic heterocycles. The van der Waals surface area contributed by atoms with Crippen LogP contribution in [-0.2, 0) is 23.6 Å². The Balaban J connectivity index is 0.00000408. The van der Waals surface area contributed by atoms with Gasteiger partial charge >= 0.3 is 0 Å². The fourth-order valence-corrected chi connectivity index (χ4v) is 5.04. The Hall–Kier alpha value is -3.17. The number of nitrogens with zero attached hydrogens (tertiary/aromatic N) is 3. The van der Waals surface area contributed by atoms with Crippen molar-refractivity contribution in [3.8, 4) is 6.19 Å². The molecule has 3 N–H and O–H groups in total. The van der Waals surface area contributed by atoms with Gasteiger partial charge in [-0.2, -0.15) is 5.26 Å². The Labute approximate surface area is 217 Å². The molecule has 3 aromatic rings. The quantitative estimate of drug-likeness (QED) is 0.101. The van der Waals surface area contributed by atoms with Gasteiger partial charge in [0, 0.05) is 17.8 Å². The minimum absolute atomic E-state index is 0. The van der Waals surface area contributed by atoms with Crippen molar-refractivity contribution in [3.63, 3.8) is 0 Å². The molecule has 178 valence electrons. The lowest BCUT2D eigenvalue weighted by atomic mass is 10.1. The molecule has 34 heavy (non-hydrogen) atoms. The van der Waals surface area contributed by atoms with Crippen LogP contribution in [0.3, 0.4) is 0 Å². The van der Waals surface area contributed by atoms with Crippen molar-refractivity contribution in [1.82, 2.24) is 5.32 Å². The van der Waals surface area contributed by atoms with E-state index in [1.54, 1.807) is 38.1 Å². The number of benzene rings is 2. The molecular formula is C24H28IN6O2S+. The summed E-state index contributed by atoms with van der Waals surface area (Å²) in [6.07, 6.45) is 5.63. The zero-order valence-corrected chi connectivity index (χ0v) is 22.6. The first-order valence-electron chi connectivity index (χ1n) is 10.3. The van der Waals surface area contributed by atoms with Crippen molar-refractivity contribution in [2.24, 2.45) is 12.0 Å². The Morgan fingerprint density at radius 1 is 1.00 bits per heavy atom. The molecule has 0 unspecified atom stereocenters. The number of aromatic nitrogens is 1. The van der Waals surface area contributed by atoms with Gasteiger partial charge in [0.15, 0.2) is 18.6 Å². The smallest absolute Gasteiger partial charge is 0.262 e. The molecular weight excluding hydrogens is 563 g/mol. The lowest BCUT2D eigenvalue weighted by Crippen LogP contribution is -2.29. The van der Waals surface area contributed by atoms with Crippen LogP contribution in [0.2, 0.25) is 0 Å². The van der Waals surface area contributed by atoms with Crippen molar-refractivity contribution in [2.45, 2.75) is 32.2 Å². The van der Waals surface area contributed by atoms with Crippen molar-refractivity contribution in [3.05, 3.63) is 83.2 Å². The van der Waals surface area contributed by atoms with Crippen LogP contribution < -0.4 is 19.9 Å². The number of halogens is 1. The number of nitrogens with one attached hydrogen (secondary N) is 3. The van der Waals surface area contributed by atoms with Gasteiger partial charge in [0.05, 0.1) is 17.1 Å². The summed E-state index contributed by atoms with van der Waals surface area (Å²) in [5, 5.41) is 14.6. The second-order valence-electron chi connectivity index (χ2n) is 7.81. The highest BCUT2D eigenvalue weighted by Crippen LogP contribution is 2.24. The average Bonchev–Trinajstić information content (AvgIpc) is 2.73. The Morgan fingerprint density at radius 2 is 1.59 bits per heavy atom. The molecule has 0 atom stereocenters. The molecule has 0 aliphatic carbocycles. The van der Waals surface area contributed by atoms with Gasteiger partial charge < -0.3 is 5.32 Å². The van der Waals surface area contributed by atoms with Crippen LogP contribution in [0, 0.1) is 32.2 Å². The first-order chi connectivity index (χ1) is 15.7. The summed E-state index contributed by atoms with van der Waals surface area (Å²) < 4.78 is 30.4.